The van der Waals surface area contributed by atoms with Crippen molar-refractivity contribution in [3.63, 3.8) is 0 Å². The summed E-state index contributed by atoms with van der Waals surface area (Å²) in [6, 6.07) is 4.53. The molecule has 0 radical (unpaired) electrons. The lowest BCUT2D eigenvalue weighted by Gasteiger charge is -2.32. The van der Waals surface area contributed by atoms with Crippen molar-refractivity contribution >= 4 is 11.5 Å². The summed E-state index contributed by atoms with van der Waals surface area (Å²) in [5, 5.41) is 3.60. The van der Waals surface area contributed by atoms with Crippen molar-refractivity contribution in [3.8, 4) is 0 Å². The largest absolute Gasteiger partial charge is 0.384 e. The number of pyridine rings is 1. The van der Waals surface area contributed by atoms with E-state index in [0.717, 1.165) is 11.6 Å². The van der Waals surface area contributed by atoms with Crippen LogP contribution in [0.4, 0.5) is 11.5 Å². The number of hydrogen-bond acceptors (Lipinski definition) is 3. The van der Waals surface area contributed by atoms with Crippen LogP contribution in [-0.2, 0) is 0 Å². The zero-order valence-electron chi connectivity index (χ0n) is 9.95. The molecule has 3 nitrogen and oxygen atoms in total. The van der Waals surface area contributed by atoms with Crippen LogP contribution < -0.4 is 11.1 Å². The minimum absolute atomic E-state index is 0.592. The van der Waals surface area contributed by atoms with E-state index in [4.69, 9.17) is 5.73 Å². The van der Waals surface area contributed by atoms with Gasteiger partial charge in [0.2, 0.25) is 0 Å². The maximum atomic E-state index is 5.68. The van der Waals surface area contributed by atoms with Gasteiger partial charge in [0, 0.05) is 24.0 Å². The van der Waals surface area contributed by atoms with E-state index >= 15 is 0 Å². The molecule has 2 rings (SSSR count). The van der Waals surface area contributed by atoms with Crippen LogP contribution in [-0.4, -0.2) is 11.0 Å². The van der Waals surface area contributed by atoms with E-state index in [0.29, 0.717) is 11.9 Å². The van der Waals surface area contributed by atoms with Crippen LogP contribution >= 0.6 is 0 Å². The van der Waals surface area contributed by atoms with Gasteiger partial charge in [0.15, 0.2) is 0 Å². The summed E-state index contributed by atoms with van der Waals surface area (Å²) >= 11 is 0. The first-order valence-electron chi connectivity index (χ1n) is 6.27. The van der Waals surface area contributed by atoms with Gasteiger partial charge in [-0.25, -0.2) is 4.98 Å². The fourth-order valence-electron chi connectivity index (χ4n) is 2.64. The lowest BCUT2D eigenvalue weighted by atomic mass is 9.83. The van der Waals surface area contributed by atoms with Gasteiger partial charge in [-0.15, -0.1) is 0 Å². The molecule has 1 aliphatic rings. The second kappa shape index (κ2) is 5.19. The maximum absolute atomic E-state index is 5.68. The van der Waals surface area contributed by atoms with Crippen molar-refractivity contribution in [2.75, 3.05) is 11.1 Å². The molecule has 1 fully saturated rings. The standard InChI is InChI=1S/C13H21N3/c1-2-10-5-3-4-6-12(10)16-11-7-8-15-13(14)9-11/h7-10,12H,2-6H2,1H3,(H3,14,15,16). The van der Waals surface area contributed by atoms with Crippen LogP contribution in [0.25, 0.3) is 0 Å². The van der Waals surface area contributed by atoms with Crippen molar-refractivity contribution in [1.29, 1.82) is 0 Å². The van der Waals surface area contributed by atoms with Crippen LogP contribution in [0.5, 0.6) is 0 Å². The van der Waals surface area contributed by atoms with Gasteiger partial charge in [0.05, 0.1) is 0 Å². The monoisotopic (exact) mass is 219 g/mol. The Morgan fingerprint density at radius 2 is 2.25 bits per heavy atom. The Morgan fingerprint density at radius 3 is 3.00 bits per heavy atom. The highest BCUT2D eigenvalue weighted by Gasteiger charge is 2.23. The van der Waals surface area contributed by atoms with E-state index in [9.17, 15) is 0 Å². The van der Waals surface area contributed by atoms with Crippen LogP contribution in [0.3, 0.4) is 0 Å². The summed E-state index contributed by atoms with van der Waals surface area (Å²) < 4.78 is 0. The molecular weight excluding hydrogens is 198 g/mol. The number of nitrogen functional groups attached to an aromatic ring is 1. The average molecular weight is 219 g/mol. The van der Waals surface area contributed by atoms with Gasteiger partial charge in [-0.1, -0.05) is 26.2 Å². The molecule has 3 heteroatoms. The Labute approximate surface area is 97.5 Å². The number of nitrogens with one attached hydrogen (secondary N) is 1. The molecule has 88 valence electrons. The molecule has 1 aliphatic carbocycles. The normalized spacial score (nSPS) is 25.3. The van der Waals surface area contributed by atoms with E-state index in [2.05, 4.69) is 17.2 Å². The minimum Gasteiger partial charge on any atom is -0.384 e. The quantitative estimate of drug-likeness (QED) is 0.821. The van der Waals surface area contributed by atoms with Crippen molar-refractivity contribution in [2.24, 2.45) is 5.92 Å². The molecule has 3 N–H and O–H groups in total. The van der Waals surface area contributed by atoms with E-state index in [1.165, 1.54) is 32.1 Å². The fraction of sp³-hybridized carbons (Fsp3) is 0.615. The Hall–Kier alpha value is -1.25. The van der Waals surface area contributed by atoms with Crippen molar-refractivity contribution < 1.29 is 0 Å². The van der Waals surface area contributed by atoms with Crippen LogP contribution in [0.1, 0.15) is 39.0 Å². The Bertz CT molecular complexity index is 338. The van der Waals surface area contributed by atoms with Crippen molar-refractivity contribution in [1.82, 2.24) is 4.98 Å². The highest BCUT2D eigenvalue weighted by molar-refractivity contribution is 5.50. The van der Waals surface area contributed by atoms with Crippen molar-refractivity contribution in [3.05, 3.63) is 18.3 Å². The van der Waals surface area contributed by atoms with E-state index < -0.39 is 0 Å². The average Bonchev–Trinajstić information content (AvgIpc) is 2.30. The minimum atomic E-state index is 0.592. The topological polar surface area (TPSA) is 50.9 Å². The van der Waals surface area contributed by atoms with Gasteiger partial charge < -0.3 is 11.1 Å². The van der Waals surface area contributed by atoms with Gasteiger partial charge in [-0.2, -0.15) is 0 Å². The number of aromatic nitrogens is 1. The third-order valence-electron chi connectivity index (χ3n) is 3.57. The first-order chi connectivity index (χ1) is 7.79. The Morgan fingerprint density at radius 1 is 1.44 bits per heavy atom. The molecule has 0 aliphatic heterocycles. The van der Waals surface area contributed by atoms with Gasteiger partial charge >= 0.3 is 0 Å². The van der Waals surface area contributed by atoms with Crippen molar-refractivity contribution in [2.45, 2.75) is 45.1 Å². The predicted molar refractivity (Wildman–Crippen MR) is 68.3 cm³/mol. The number of nitrogens with zero attached hydrogens (tertiary/aromatic N) is 1. The predicted octanol–water partition coefficient (Wildman–Crippen LogP) is 3.04. The molecule has 0 saturated heterocycles. The molecule has 16 heavy (non-hydrogen) atoms. The first kappa shape index (κ1) is 11.2. The number of nitrogens with two attached hydrogens (primary N) is 1. The number of anilines is 2. The molecule has 1 aromatic heterocycles. The molecule has 0 spiro atoms. The summed E-state index contributed by atoms with van der Waals surface area (Å²) in [4.78, 5) is 4.01. The SMILES string of the molecule is CCC1CCCCC1Nc1ccnc(N)c1. The molecule has 1 aromatic rings. The molecule has 0 bridgehead atoms. The Kier molecular flexibility index (Phi) is 3.65. The second-order valence-electron chi connectivity index (χ2n) is 4.67. The molecule has 2 atom stereocenters. The van der Waals surface area contributed by atoms with E-state index in [1.54, 1.807) is 6.20 Å². The van der Waals surface area contributed by atoms with Crippen LogP contribution in [0.2, 0.25) is 0 Å². The highest BCUT2D eigenvalue weighted by atomic mass is 14.9. The molecular formula is C13H21N3. The zero-order valence-corrected chi connectivity index (χ0v) is 9.95. The number of hydrogen-bond donors (Lipinski definition) is 2. The lowest BCUT2D eigenvalue weighted by molar-refractivity contribution is 0.317. The highest BCUT2D eigenvalue weighted by Crippen LogP contribution is 2.29. The van der Waals surface area contributed by atoms with Gasteiger partial charge in [-0.05, 0) is 24.8 Å². The summed E-state index contributed by atoms with van der Waals surface area (Å²) in [6.45, 7) is 2.28. The summed E-state index contributed by atoms with van der Waals surface area (Å²) in [5.41, 5.74) is 6.79. The van der Waals surface area contributed by atoms with Gasteiger partial charge in [0.25, 0.3) is 0 Å². The molecule has 2 unspecified atom stereocenters. The molecule has 0 aromatic carbocycles. The fourth-order valence-corrected chi connectivity index (χ4v) is 2.64. The number of rotatable bonds is 3. The first-order valence-corrected chi connectivity index (χ1v) is 6.27. The third-order valence-corrected chi connectivity index (χ3v) is 3.57. The lowest BCUT2D eigenvalue weighted by Crippen LogP contribution is -2.31. The van der Waals surface area contributed by atoms with Gasteiger partial charge in [-0.3, -0.25) is 0 Å². The summed E-state index contributed by atoms with van der Waals surface area (Å²) in [5.74, 6) is 1.40. The second-order valence-corrected chi connectivity index (χ2v) is 4.67. The third kappa shape index (κ3) is 2.65. The smallest absolute Gasteiger partial charge is 0.125 e. The van der Waals surface area contributed by atoms with E-state index in [1.807, 2.05) is 12.1 Å². The van der Waals surface area contributed by atoms with Gasteiger partial charge in [0.1, 0.15) is 5.82 Å². The Balaban J connectivity index is 2.02. The zero-order chi connectivity index (χ0) is 11.4. The summed E-state index contributed by atoms with van der Waals surface area (Å²) in [7, 11) is 0. The molecule has 1 saturated carbocycles. The molecule has 0 amide bonds. The summed E-state index contributed by atoms with van der Waals surface area (Å²) in [6.07, 6.45) is 8.39. The maximum Gasteiger partial charge on any atom is 0.125 e. The van der Waals surface area contributed by atoms with Crippen LogP contribution in [0, 0.1) is 5.92 Å². The molecule has 1 heterocycles. The van der Waals surface area contributed by atoms with Crippen LogP contribution in [0.15, 0.2) is 18.3 Å². The van der Waals surface area contributed by atoms with E-state index in [-0.39, 0.29) is 0 Å².